The van der Waals surface area contributed by atoms with Gasteiger partial charge in [-0.05, 0) is 69.1 Å². The van der Waals surface area contributed by atoms with Crippen LogP contribution in [0.25, 0.3) is 0 Å². The van der Waals surface area contributed by atoms with Crippen molar-refractivity contribution in [3.05, 3.63) is 79.4 Å². The molecule has 0 saturated heterocycles. The van der Waals surface area contributed by atoms with Crippen LogP contribution in [0.3, 0.4) is 0 Å². The maximum Gasteiger partial charge on any atom is 0.416 e. The van der Waals surface area contributed by atoms with E-state index >= 15 is 0 Å². The Kier molecular flexibility index (Phi) is 5.43. The summed E-state index contributed by atoms with van der Waals surface area (Å²) in [4.78, 5) is 25.5. The van der Waals surface area contributed by atoms with Gasteiger partial charge in [0.15, 0.2) is 0 Å². The Balaban J connectivity index is 1.33. The number of hydrogen-bond donors (Lipinski definition) is 1. The second kappa shape index (κ2) is 7.80. The van der Waals surface area contributed by atoms with E-state index in [1.807, 2.05) is 0 Å². The summed E-state index contributed by atoms with van der Waals surface area (Å²) >= 11 is 0. The van der Waals surface area contributed by atoms with Gasteiger partial charge < -0.3 is 4.57 Å². The molecule has 8 heteroatoms. The molecule has 1 heterocycles. The van der Waals surface area contributed by atoms with Crippen LogP contribution in [0.4, 0.5) is 17.6 Å². The molecule has 4 nitrogen and oxygen atoms in total. The Morgan fingerprint density at radius 3 is 2.74 bits per heavy atom. The van der Waals surface area contributed by atoms with Crippen molar-refractivity contribution >= 4 is 0 Å². The molecular weight excluding hydrogens is 412 g/mol. The van der Waals surface area contributed by atoms with E-state index in [0.29, 0.717) is 36.1 Å². The Morgan fingerprint density at radius 2 is 2.03 bits per heavy atom. The van der Waals surface area contributed by atoms with Gasteiger partial charge in [-0.15, -0.1) is 0 Å². The van der Waals surface area contributed by atoms with E-state index in [1.165, 1.54) is 16.2 Å². The van der Waals surface area contributed by atoms with Crippen LogP contribution in [0.2, 0.25) is 0 Å². The zero-order chi connectivity index (χ0) is 22.4. The minimum absolute atomic E-state index is 0.299. The molecule has 2 fully saturated rings. The maximum atomic E-state index is 14.5. The summed E-state index contributed by atoms with van der Waals surface area (Å²) in [5.74, 6) is -0.465. The first-order valence-electron chi connectivity index (χ1n) is 10.5. The average Bonchev–Trinajstić information content (AvgIpc) is 3.25. The molecular formula is C23H24F4N2O2. The molecule has 2 aliphatic rings. The fourth-order valence-electron chi connectivity index (χ4n) is 4.85. The Hall–Kier alpha value is -2.64. The van der Waals surface area contributed by atoms with Gasteiger partial charge in [0.05, 0.1) is 5.56 Å². The predicted molar refractivity (Wildman–Crippen MR) is 108 cm³/mol. The fraction of sp³-hybridized carbons (Fsp3) is 0.478. The standard InChI is InChI=1S/C23H24F4N2O2/c1-14-13-29(21(31)28-20(14)30)8-4-2-3-5-15-9-17-12-22(17,11-15)18-7-6-16(10-19(18)24)23(25,26)27/h5-7,10,13,17H,2-4,8-9,11-12H2,1H3,(H,28,30,31)/b15-5+/t17-,22-/m1/s1. The number of allylic oxidation sites excluding steroid dienone is 2. The number of H-pyrrole nitrogens is 1. The van der Waals surface area contributed by atoms with Crippen molar-refractivity contribution in [2.45, 2.75) is 63.6 Å². The predicted octanol–water partition coefficient (Wildman–Crippen LogP) is 4.85. The van der Waals surface area contributed by atoms with Crippen LogP contribution in [-0.4, -0.2) is 9.55 Å². The van der Waals surface area contributed by atoms with Crippen molar-refractivity contribution in [1.82, 2.24) is 9.55 Å². The van der Waals surface area contributed by atoms with Crippen LogP contribution in [0.5, 0.6) is 0 Å². The number of benzene rings is 1. The SMILES string of the molecule is Cc1cn(CCCC/C=C2\C[C@@H]3C[C@]3(c3ccc(C(F)(F)F)cc3F)C2)c(=O)[nH]c1=O. The van der Waals surface area contributed by atoms with Gasteiger partial charge in [0.25, 0.3) is 5.56 Å². The summed E-state index contributed by atoms with van der Waals surface area (Å²) in [6, 6.07) is 2.90. The quantitative estimate of drug-likeness (QED) is 0.400. The van der Waals surface area contributed by atoms with Gasteiger partial charge in [-0.1, -0.05) is 17.7 Å². The summed E-state index contributed by atoms with van der Waals surface area (Å²) in [7, 11) is 0. The number of rotatable bonds is 6. The van der Waals surface area contributed by atoms with Gasteiger partial charge in [0.1, 0.15) is 5.82 Å². The lowest BCUT2D eigenvalue weighted by atomic mass is 9.90. The highest BCUT2D eigenvalue weighted by Crippen LogP contribution is 2.66. The van der Waals surface area contributed by atoms with Gasteiger partial charge in [-0.3, -0.25) is 9.78 Å². The fourth-order valence-corrected chi connectivity index (χ4v) is 4.85. The number of hydrogen-bond acceptors (Lipinski definition) is 2. The van der Waals surface area contributed by atoms with Crippen molar-refractivity contribution in [3.63, 3.8) is 0 Å². The lowest BCUT2D eigenvalue weighted by Gasteiger charge is -2.16. The number of aromatic amines is 1. The third-order valence-corrected chi connectivity index (χ3v) is 6.59. The minimum Gasteiger partial charge on any atom is -0.300 e. The van der Waals surface area contributed by atoms with Gasteiger partial charge in [0, 0.05) is 23.7 Å². The van der Waals surface area contributed by atoms with Gasteiger partial charge in [-0.2, -0.15) is 13.2 Å². The molecule has 1 N–H and O–H groups in total. The Bertz CT molecular complexity index is 1150. The zero-order valence-electron chi connectivity index (χ0n) is 17.2. The van der Waals surface area contributed by atoms with Crippen LogP contribution in [0.1, 0.15) is 55.2 Å². The van der Waals surface area contributed by atoms with Crippen molar-refractivity contribution in [1.29, 1.82) is 0 Å². The van der Waals surface area contributed by atoms with Gasteiger partial charge in [0.2, 0.25) is 0 Å². The smallest absolute Gasteiger partial charge is 0.300 e. The van der Waals surface area contributed by atoms with Crippen molar-refractivity contribution in [3.8, 4) is 0 Å². The van der Waals surface area contributed by atoms with Crippen LogP contribution >= 0.6 is 0 Å². The Labute approximate surface area is 176 Å². The zero-order valence-corrected chi connectivity index (χ0v) is 17.2. The molecule has 4 rings (SSSR count). The molecule has 31 heavy (non-hydrogen) atoms. The molecule has 1 aromatic heterocycles. The normalized spacial score (nSPS) is 23.9. The summed E-state index contributed by atoms with van der Waals surface area (Å²) in [5.41, 5.74) is 0.0466. The number of nitrogens with zero attached hydrogens (tertiary/aromatic N) is 1. The van der Waals surface area contributed by atoms with Crippen molar-refractivity contribution < 1.29 is 17.6 Å². The molecule has 0 unspecified atom stereocenters. The van der Waals surface area contributed by atoms with E-state index < -0.39 is 23.2 Å². The van der Waals surface area contributed by atoms with E-state index in [1.54, 1.807) is 13.1 Å². The molecule has 2 atom stereocenters. The molecule has 0 spiro atoms. The maximum absolute atomic E-state index is 14.5. The third kappa shape index (κ3) is 4.25. The third-order valence-electron chi connectivity index (χ3n) is 6.59. The van der Waals surface area contributed by atoms with E-state index in [0.717, 1.165) is 38.2 Å². The minimum atomic E-state index is -4.54. The lowest BCUT2D eigenvalue weighted by Crippen LogP contribution is -2.30. The molecule has 2 aromatic rings. The van der Waals surface area contributed by atoms with Crippen LogP contribution in [0, 0.1) is 18.7 Å². The van der Waals surface area contributed by atoms with E-state index in [4.69, 9.17) is 0 Å². The lowest BCUT2D eigenvalue weighted by molar-refractivity contribution is -0.137. The number of halogens is 4. The number of alkyl halides is 3. The molecule has 0 amide bonds. The number of aryl methyl sites for hydroxylation is 2. The molecule has 0 radical (unpaired) electrons. The first kappa shape index (κ1) is 21.6. The second-order valence-corrected chi connectivity index (χ2v) is 8.75. The highest BCUT2D eigenvalue weighted by atomic mass is 19.4. The molecule has 0 bridgehead atoms. The highest BCUT2D eigenvalue weighted by Gasteiger charge is 2.60. The first-order valence-corrected chi connectivity index (χ1v) is 10.5. The Morgan fingerprint density at radius 1 is 1.26 bits per heavy atom. The topological polar surface area (TPSA) is 54.9 Å². The summed E-state index contributed by atoms with van der Waals surface area (Å²) in [6.07, 6.45) is 4.00. The number of fused-ring (bicyclic) bond motifs is 1. The van der Waals surface area contributed by atoms with Crippen molar-refractivity contribution in [2.75, 3.05) is 0 Å². The molecule has 166 valence electrons. The van der Waals surface area contributed by atoms with E-state index in [2.05, 4.69) is 11.1 Å². The van der Waals surface area contributed by atoms with Crippen molar-refractivity contribution in [2.24, 2.45) is 5.92 Å². The van der Waals surface area contributed by atoms with E-state index in [-0.39, 0.29) is 11.0 Å². The highest BCUT2D eigenvalue weighted by molar-refractivity contribution is 5.43. The summed E-state index contributed by atoms with van der Waals surface area (Å²) in [6.45, 7) is 2.17. The molecule has 2 saturated carbocycles. The monoisotopic (exact) mass is 436 g/mol. The first-order chi connectivity index (χ1) is 14.6. The molecule has 0 aliphatic heterocycles. The average molecular weight is 436 g/mol. The van der Waals surface area contributed by atoms with Crippen LogP contribution < -0.4 is 11.2 Å². The van der Waals surface area contributed by atoms with Gasteiger partial charge in [-0.25, -0.2) is 9.18 Å². The largest absolute Gasteiger partial charge is 0.416 e. The van der Waals surface area contributed by atoms with Gasteiger partial charge >= 0.3 is 11.9 Å². The van der Waals surface area contributed by atoms with Crippen LogP contribution in [0.15, 0.2) is 45.6 Å². The number of aromatic nitrogens is 2. The molecule has 2 aliphatic carbocycles. The van der Waals surface area contributed by atoms with Crippen LogP contribution in [-0.2, 0) is 18.1 Å². The van der Waals surface area contributed by atoms with E-state index in [9.17, 15) is 27.2 Å². The summed E-state index contributed by atoms with van der Waals surface area (Å²) < 4.78 is 54.4. The number of nitrogens with one attached hydrogen (secondary N) is 1. The molecule has 1 aromatic carbocycles. The summed E-state index contributed by atoms with van der Waals surface area (Å²) in [5, 5.41) is 0. The second-order valence-electron chi connectivity index (χ2n) is 8.75. The number of unbranched alkanes of at least 4 members (excludes halogenated alkanes) is 2.